The second kappa shape index (κ2) is 12.4. The van der Waals surface area contributed by atoms with Gasteiger partial charge in [0, 0.05) is 34.8 Å². The van der Waals surface area contributed by atoms with Gasteiger partial charge in [-0.1, -0.05) is 47.7 Å². The van der Waals surface area contributed by atoms with E-state index < -0.39 is 11.6 Å². The number of aromatic nitrogens is 1. The second-order valence-electron chi connectivity index (χ2n) is 10.1. The summed E-state index contributed by atoms with van der Waals surface area (Å²) in [4.78, 5) is 28.7. The van der Waals surface area contributed by atoms with Crippen LogP contribution in [0, 0.1) is 18.8 Å². The minimum absolute atomic E-state index is 0.114. The molecule has 4 aromatic rings. The minimum atomic E-state index is -1.52. The Hall–Kier alpha value is -4.74. The summed E-state index contributed by atoms with van der Waals surface area (Å²) >= 11 is 0. The quantitative estimate of drug-likeness (QED) is 0.158. The van der Waals surface area contributed by atoms with Crippen LogP contribution in [0.1, 0.15) is 47.8 Å². The SMILES string of the molecule is Cc1ccc(NC(=O)NCC#Cc2ccc(OC(C)C)c(C(=O)N[C@](C)(O)Cc3c[nH]c4ccccc34)c2)cc1. The number of para-hydroxylation sites is 1. The third kappa shape index (κ3) is 7.65. The van der Waals surface area contributed by atoms with Crippen LogP contribution in [0.25, 0.3) is 10.9 Å². The highest BCUT2D eigenvalue weighted by molar-refractivity contribution is 5.98. The molecule has 0 unspecified atom stereocenters. The molecule has 0 saturated carbocycles. The predicted molar refractivity (Wildman–Crippen MR) is 157 cm³/mol. The maximum atomic E-state index is 13.3. The van der Waals surface area contributed by atoms with Crippen LogP contribution < -0.4 is 20.7 Å². The number of carbonyl (C=O) groups excluding carboxylic acids is 2. The Kier molecular flexibility index (Phi) is 8.77. The topological polar surface area (TPSA) is 115 Å². The number of hydrogen-bond donors (Lipinski definition) is 5. The maximum Gasteiger partial charge on any atom is 0.319 e. The van der Waals surface area contributed by atoms with Crippen LogP contribution >= 0.6 is 0 Å². The van der Waals surface area contributed by atoms with E-state index in [0.717, 1.165) is 22.0 Å². The lowest BCUT2D eigenvalue weighted by molar-refractivity contribution is 0.0234. The van der Waals surface area contributed by atoms with Gasteiger partial charge in [-0.3, -0.25) is 4.79 Å². The molecule has 1 aromatic heterocycles. The van der Waals surface area contributed by atoms with E-state index in [0.29, 0.717) is 17.0 Å². The van der Waals surface area contributed by atoms with Crippen molar-refractivity contribution in [3.8, 4) is 17.6 Å². The number of ether oxygens (including phenoxy) is 1. The standard InChI is InChI=1S/C32H34N4O4/c1-21(2)40-29-16-13-23(8-7-17-33-31(38)35-25-14-11-22(3)12-15-25)18-27(29)30(37)36-32(4,39)19-24-20-34-28-10-6-5-9-26(24)28/h5-6,9-16,18,20-21,34,39H,17,19H2,1-4H3,(H,36,37)(H2,33,35,38)/t32-/m1/s1. The third-order valence-corrected chi connectivity index (χ3v) is 6.06. The largest absolute Gasteiger partial charge is 0.490 e. The van der Waals surface area contributed by atoms with Crippen LogP contribution in [0.15, 0.2) is 72.9 Å². The first-order chi connectivity index (χ1) is 19.1. The number of H-pyrrole nitrogens is 1. The summed E-state index contributed by atoms with van der Waals surface area (Å²) < 4.78 is 5.86. The first kappa shape index (κ1) is 28.3. The molecule has 0 spiro atoms. The lowest BCUT2D eigenvalue weighted by atomic mass is 10.0. The highest BCUT2D eigenvalue weighted by atomic mass is 16.5. The van der Waals surface area contributed by atoms with Crippen LogP contribution in [-0.4, -0.2) is 40.4 Å². The Morgan fingerprint density at radius 2 is 1.82 bits per heavy atom. The van der Waals surface area contributed by atoms with E-state index in [1.807, 2.05) is 75.5 Å². The van der Waals surface area contributed by atoms with E-state index in [1.54, 1.807) is 25.1 Å². The van der Waals surface area contributed by atoms with E-state index in [9.17, 15) is 14.7 Å². The monoisotopic (exact) mass is 538 g/mol. The van der Waals surface area contributed by atoms with E-state index >= 15 is 0 Å². The molecule has 40 heavy (non-hydrogen) atoms. The summed E-state index contributed by atoms with van der Waals surface area (Å²) in [7, 11) is 0. The van der Waals surface area contributed by atoms with Gasteiger partial charge in [0.15, 0.2) is 0 Å². The fourth-order valence-electron chi connectivity index (χ4n) is 4.23. The van der Waals surface area contributed by atoms with Crippen LogP contribution in [0.3, 0.4) is 0 Å². The molecule has 0 aliphatic heterocycles. The Bertz CT molecular complexity index is 1560. The van der Waals surface area contributed by atoms with Gasteiger partial charge in [-0.2, -0.15) is 0 Å². The molecule has 1 heterocycles. The molecule has 0 saturated heterocycles. The predicted octanol–water partition coefficient (Wildman–Crippen LogP) is 5.12. The van der Waals surface area contributed by atoms with Gasteiger partial charge in [0.1, 0.15) is 11.5 Å². The second-order valence-corrected chi connectivity index (χ2v) is 10.1. The van der Waals surface area contributed by atoms with E-state index in [4.69, 9.17) is 4.74 Å². The summed E-state index contributed by atoms with van der Waals surface area (Å²) in [6.07, 6.45) is 1.88. The highest BCUT2D eigenvalue weighted by Gasteiger charge is 2.27. The van der Waals surface area contributed by atoms with Gasteiger partial charge in [0.05, 0.1) is 18.2 Å². The number of aryl methyl sites for hydroxylation is 1. The van der Waals surface area contributed by atoms with E-state index in [2.05, 4.69) is 32.8 Å². The van der Waals surface area contributed by atoms with Crippen LogP contribution in [-0.2, 0) is 6.42 Å². The van der Waals surface area contributed by atoms with Crippen LogP contribution in [0.4, 0.5) is 10.5 Å². The maximum absolute atomic E-state index is 13.3. The molecule has 1 atom stereocenters. The van der Waals surface area contributed by atoms with Gasteiger partial charge in [-0.05, 0) is 69.7 Å². The molecule has 3 aromatic carbocycles. The molecule has 0 bridgehead atoms. The summed E-state index contributed by atoms with van der Waals surface area (Å²) in [5, 5.41) is 20.3. The number of fused-ring (bicyclic) bond motifs is 1. The third-order valence-electron chi connectivity index (χ3n) is 6.06. The Morgan fingerprint density at radius 1 is 1.07 bits per heavy atom. The molecule has 8 nitrogen and oxygen atoms in total. The summed E-state index contributed by atoms with van der Waals surface area (Å²) in [5.41, 5.74) is 2.94. The lowest BCUT2D eigenvalue weighted by Gasteiger charge is -2.25. The normalized spacial score (nSPS) is 12.2. The van der Waals surface area contributed by atoms with Gasteiger partial charge >= 0.3 is 6.03 Å². The number of urea groups is 1. The van der Waals surface area contributed by atoms with Crippen molar-refractivity contribution in [1.29, 1.82) is 0 Å². The molecule has 0 radical (unpaired) electrons. The molecule has 0 fully saturated rings. The smallest absolute Gasteiger partial charge is 0.319 e. The van der Waals surface area contributed by atoms with Crippen molar-refractivity contribution in [2.75, 3.05) is 11.9 Å². The van der Waals surface area contributed by atoms with Crippen LogP contribution in [0.2, 0.25) is 0 Å². The first-order valence-corrected chi connectivity index (χ1v) is 13.1. The van der Waals surface area contributed by atoms with Crippen molar-refractivity contribution in [1.82, 2.24) is 15.6 Å². The molecule has 8 heteroatoms. The molecular weight excluding hydrogens is 504 g/mol. The molecule has 4 rings (SSSR count). The number of hydrogen-bond acceptors (Lipinski definition) is 4. The van der Waals surface area contributed by atoms with E-state index in [1.165, 1.54) is 0 Å². The molecular formula is C32H34N4O4. The average molecular weight is 539 g/mol. The summed E-state index contributed by atoms with van der Waals surface area (Å²) in [6.45, 7) is 7.39. The van der Waals surface area contributed by atoms with Crippen molar-refractivity contribution < 1.29 is 19.4 Å². The number of amides is 3. The zero-order valence-corrected chi connectivity index (χ0v) is 23.1. The highest BCUT2D eigenvalue weighted by Crippen LogP contribution is 2.24. The number of carbonyl (C=O) groups is 2. The molecule has 0 aliphatic carbocycles. The summed E-state index contributed by atoms with van der Waals surface area (Å²) in [6, 6.07) is 20.0. The van der Waals surface area contributed by atoms with Crippen molar-refractivity contribution in [3.05, 3.63) is 95.2 Å². The Labute approximate surface area is 234 Å². The Morgan fingerprint density at radius 3 is 2.58 bits per heavy atom. The number of aliphatic hydroxyl groups is 1. The minimum Gasteiger partial charge on any atom is -0.490 e. The zero-order valence-electron chi connectivity index (χ0n) is 23.1. The van der Waals surface area contributed by atoms with Crippen molar-refractivity contribution in [2.45, 2.75) is 45.9 Å². The van der Waals surface area contributed by atoms with Crippen molar-refractivity contribution in [3.63, 3.8) is 0 Å². The van der Waals surface area contributed by atoms with Gasteiger partial charge in [0.2, 0.25) is 0 Å². The van der Waals surface area contributed by atoms with Crippen molar-refractivity contribution in [2.24, 2.45) is 0 Å². The fraction of sp³-hybridized carbons (Fsp3) is 0.250. The van der Waals surface area contributed by atoms with Gasteiger partial charge in [-0.25, -0.2) is 4.79 Å². The summed E-state index contributed by atoms with van der Waals surface area (Å²) in [5.74, 6) is 5.77. The molecule has 3 amide bonds. The van der Waals surface area contributed by atoms with Crippen LogP contribution in [0.5, 0.6) is 5.75 Å². The molecule has 5 N–H and O–H groups in total. The number of benzene rings is 3. The van der Waals surface area contributed by atoms with Gasteiger partial charge < -0.3 is 30.8 Å². The van der Waals surface area contributed by atoms with Crippen molar-refractivity contribution >= 4 is 28.5 Å². The number of rotatable bonds is 8. The Balaban J connectivity index is 1.44. The number of anilines is 1. The fourth-order valence-corrected chi connectivity index (χ4v) is 4.23. The van der Waals surface area contributed by atoms with Gasteiger partial charge in [-0.15, -0.1) is 0 Å². The molecule has 206 valence electrons. The number of nitrogens with one attached hydrogen (secondary N) is 4. The molecule has 0 aliphatic rings. The van der Waals surface area contributed by atoms with Gasteiger partial charge in [0.25, 0.3) is 5.91 Å². The average Bonchev–Trinajstić information content (AvgIpc) is 3.30. The lowest BCUT2D eigenvalue weighted by Crippen LogP contribution is -2.47. The first-order valence-electron chi connectivity index (χ1n) is 13.1. The zero-order chi connectivity index (χ0) is 28.7. The number of aromatic amines is 1. The van der Waals surface area contributed by atoms with E-state index in [-0.39, 0.29) is 30.7 Å².